The molecule has 0 aliphatic heterocycles. The monoisotopic (exact) mass is 296 g/mol. The molecule has 1 aromatic carbocycles. The Balaban J connectivity index is 2.15. The van der Waals surface area contributed by atoms with Crippen LogP contribution in [0, 0.1) is 0 Å². The normalized spacial score (nSPS) is 14.6. The molecule has 20 heavy (non-hydrogen) atoms. The van der Waals surface area contributed by atoms with Gasteiger partial charge in [-0.05, 0) is 30.9 Å². The van der Waals surface area contributed by atoms with Crippen molar-refractivity contribution in [2.75, 3.05) is 24.6 Å². The van der Waals surface area contributed by atoms with Gasteiger partial charge in [-0.15, -0.1) is 0 Å². The van der Waals surface area contributed by atoms with Crippen molar-refractivity contribution in [2.45, 2.75) is 45.2 Å². The molecule has 4 heteroatoms. The number of halogens is 1. The number of unbranched alkanes of at least 4 members (excludes halogenated alkanes) is 1. The summed E-state index contributed by atoms with van der Waals surface area (Å²) in [5, 5.41) is 13.6. The fraction of sp³-hybridized carbons (Fsp3) is 0.625. The van der Waals surface area contributed by atoms with Gasteiger partial charge in [-0.25, -0.2) is 0 Å². The summed E-state index contributed by atoms with van der Waals surface area (Å²) in [4.78, 5) is 2.22. The Labute approximate surface area is 126 Å². The van der Waals surface area contributed by atoms with Crippen molar-refractivity contribution in [3.8, 4) is 0 Å². The Hall–Kier alpha value is -0.770. The Morgan fingerprint density at radius 3 is 2.80 bits per heavy atom. The highest BCUT2D eigenvalue weighted by molar-refractivity contribution is 6.33. The third-order valence-corrected chi connectivity index (χ3v) is 4.00. The maximum Gasteiger partial charge on any atom is 0.0642 e. The largest absolute Gasteiger partial charge is 0.395 e. The molecule has 0 radical (unpaired) electrons. The van der Waals surface area contributed by atoms with E-state index in [1.165, 1.54) is 18.4 Å². The van der Waals surface area contributed by atoms with Crippen LogP contribution in [0.4, 0.5) is 5.69 Å². The number of nitrogens with one attached hydrogen (secondary N) is 1. The highest BCUT2D eigenvalue weighted by Crippen LogP contribution is 2.31. The first-order valence-electron chi connectivity index (χ1n) is 7.62. The zero-order valence-electron chi connectivity index (χ0n) is 12.2. The predicted molar refractivity (Wildman–Crippen MR) is 85.5 cm³/mol. The first kappa shape index (κ1) is 15.6. The van der Waals surface area contributed by atoms with Crippen molar-refractivity contribution >= 4 is 17.3 Å². The summed E-state index contributed by atoms with van der Waals surface area (Å²) in [6, 6.07) is 6.76. The second kappa shape index (κ2) is 7.87. The van der Waals surface area contributed by atoms with E-state index in [-0.39, 0.29) is 6.61 Å². The smallest absolute Gasteiger partial charge is 0.0642 e. The number of aliphatic hydroxyl groups excluding tert-OH is 1. The SMILES string of the molecule is CCCCN(CCO)c1c(Cl)cccc1CNC1CC1. The van der Waals surface area contributed by atoms with Crippen molar-refractivity contribution in [1.82, 2.24) is 5.32 Å². The molecule has 0 spiro atoms. The molecule has 1 aliphatic rings. The summed E-state index contributed by atoms with van der Waals surface area (Å²) < 4.78 is 0. The topological polar surface area (TPSA) is 35.5 Å². The molecule has 2 rings (SSSR count). The number of hydrogen-bond acceptors (Lipinski definition) is 3. The van der Waals surface area contributed by atoms with Crippen LogP contribution in [0.5, 0.6) is 0 Å². The molecule has 1 saturated carbocycles. The van der Waals surface area contributed by atoms with Gasteiger partial charge in [0.1, 0.15) is 0 Å². The van der Waals surface area contributed by atoms with Gasteiger partial charge in [-0.2, -0.15) is 0 Å². The minimum absolute atomic E-state index is 0.157. The zero-order chi connectivity index (χ0) is 14.4. The van der Waals surface area contributed by atoms with Crippen LogP contribution in [0.25, 0.3) is 0 Å². The van der Waals surface area contributed by atoms with E-state index < -0.39 is 0 Å². The average molecular weight is 297 g/mol. The molecule has 1 aliphatic carbocycles. The van der Waals surface area contributed by atoms with E-state index in [0.717, 1.165) is 36.6 Å². The Morgan fingerprint density at radius 2 is 2.15 bits per heavy atom. The molecule has 2 N–H and O–H groups in total. The van der Waals surface area contributed by atoms with Crippen LogP contribution >= 0.6 is 11.6 Å². The zero-order valence-corrected chi connectivity index (χ0v) is 13.0. The molecular formula is C16H25ClN2O. The number of benzene rings is 1. The van der Waals surface area contributed by atoms with Crippen LogP contribution in [-0.4, -0.2) is 30.8 Å². The van der Waals surface area contributed by atoms with Crippen molar-refractivity contribution in [1.29, 1.82) is 0 Å². The number of aliphatic hydroxyl groups is 1. The Kier molecular flexibility index (Phi) is 6.14. The van der Waals surface area contributed by atoms with Crippen LogP contribution in [0.2, 0.25) is 5.02 Å². The molecule has 0 unspecified atom stereocenters. The highest BCUT2D eigenvalue weighted by Gasteiger charge is 2.21. The van der Waals surface area contributed by atoms with E-state index in [1.54, 1.807) is 0 Å². The average Bonchev–Trinajstić information content (AvgIpc) is 3.26. The van der Waals surface area contributed by atoms with E-state index in [1.807, 2.05) is 12.1 Å². The molecule has 0 saturated heterocycles. The first-order chi connectivity index (χ1) is 9.76. The van der Waals surface area contributed by atoms with Gasteiger partial charge in [0.05, 0.1) is 17.3 Å². The predicted octanol–water partition coefficient (Wildman–Crippen LogP) is 3.19. The summed E-state index contributed by atoms with van der Waals surface area (Å²) in [6.07, 6.45) is 4.82. The fourth-order valence-corrected chi connectivity index (χ4v) is 2.72. The molecule has 0 atom stereocenters. The molecule has 0 heterocycles. The van der Waals surface area contributed by atoms with Crippen LogP contribution in [0.1, 0.15) is 38.2 Å². The second-order valence-electron chi connectivity index (χ2n) is 5.47. The van der Waals surface area contributed by atoms with Gasteiger partial charge >= 0.3 is 0 Å². The van der Waals surface area contributed by atoms with E-state index in [4.69, 9.17) is 11.6 Å². The molecule has 112 valence electrons. The van der Waals surface area contributed by atoms with Crippen LogP contribution in [0.3, 0.4) is 0 Å². The number of rotatable bonds is 9. The van der Waals surface area contributed by atoms with Gasteiger partial charge in [0.25, 0.3) is 0 Å². The van der Waals surface area contributed by atoms with E-state index >= 15 is 0 Å². The first-order valence-corrected chi connectivity index (χ1v) is 8.00. The Morgan fingerprint density at radius 1 is 1.35 bits per heavy atom. The van der Waals surface area contributed by atoms with Gasteiger partial charge in [0, 0.05) is 25.7 Å². The van der Waals surface area contributed by atoms with Gasteiger partial charge in [-0.1, -0.05) is 37.1 Å². The van der Waals surface area contributed by atoms with E-state index in [9.17, 15) is 5.11 Å². The molecule has 0 aromatic heterocycles. The van der Waals surface area contributed by atoms with Crippen molar-refractivity contribution in [2.24, 2.45) is 0 Å². The number of anilines is 1. The van der Waals surface area contributed by atoms with E-state index in [2.05, 4.69) is 23.2 Å². The lowest BCUT2D eigenvalue weighted by molar-refractivity contribution is 0.301. The summed E-state index contributed by atoms with van der Waals surface area (Å²) in [5.74, 6) is 0. The third kappa shape index (κ3) is 4.37. The minimum atomic E-state index is 0.157. The molecule has 1 aromatic rings. The van der Waals surface area contributed by atoms with Gasteiger partial charge in [-0.3, -0.25) is 0 Å². The van der Waals surface area contributed by atoms with Crippen LogP contribution in [-0.2, 0) is 6.54 Å². The summed E-state index contributed by atoms with van der Waals surface area (Å²) in [6.45, 7) is 4.77. The quantitative estimate of drug-likeness (QED) is 0.734. The lowest BCUT2D eigenvalue weighted by Crippen LogP contribution is -2.30. The van der Waals surface area contributed by atoms with Gasteiger partial charge < -0.3 is 15.3 Å². The number of hydrogen-bond donors (Lipinski definition) is 2. The Bertz CT molecular complexity index is 421. The lowest BCUT2D eigenvalue weighted by Gasteiger charge is -2.27. The van der Waals surface area contributed by atoms with Crippen molar-refractivity contribution in [3.63, 3.8) is 0 Å². The molecule has 1 fully saturated rings. The summed E-state index contributed by atoms with van der Waals surface area (Å²) in [7, 11) is 0. The minimum Gasteiger partial charge on any atom is -0.395 e. The molecule has 3 nitrogen and oxygen atoms in total. The maximum absolute atomic E-state index is 9.31. The lowest BCUT2D eigenvalue weighted by atomic mass is 10.1. The van der Waals surface area contributed by atoms with Crippen molar-refractivity contribution in [3.05, 3.63) is 28.8 Å². The second-order valence-corrected chi connectivity index (χ2v) is 5.87. The molecular weight excluding hydrogens is 272 g/mol. The maximum atomic E-state index is 9.31. The third-order valence-electron chi connectivity index (χ3n) is 3.70. The fourth-order valence-electron chi connectivity index (χ4n) is 2.40. The van der Waals surface area contributed by atoms with E-state index in [0.29, 0.717) is 12.6 Å². The number of nitrogens with zero attached hydrogens (tertiary/aromatic N) is 1. The van der Waals surface area contributed by atoms with Gasteiger partial charge in [0.15, 0.2) is 0 Å². The number of para-hydroxylation sites is 1. The van der Waals surface area contributed by atoms with Crippen LogP contribution in [0.15, 0.2) is 18.2 Å². The molecule has 0 amide bonds. The van der Waals surface area contributed by atoms with Crippen molar-refractivity contribution < 1.29 is 5.11 Å². The van der Waals surface area contributed by atoms with Gasteiger partial charge in [0.2, 0.25) is 0 Å². The highest BCUT2D eigenvalue weighted by atomic mass is 35.5. The van der Waals surface area contributed by atoms with Crippen LogP contribution < -0.4 is 10.2 Å². The standard InChI is InChI=1S/C16H25ClN2O/c1-2-3-9-19(10-11-20)16-13(5-4-6-15(16)17)12-18-14-7-8-14/h4-6,14,18,20H,2-3,7-12H2,1H3. The summed E-state index contributed by atoms with van der Waals surface area (Å²) >= 11 is 6.42. The summed E-state index contributed by atoms with van der Waals surface area (Å²) in [5.41, 5.74) is 2.32. The molecule has 0 bridgehead atoms.